The van der Waals surface area contributed by atoms with Crippen molar-refractivity contribution in [3.63, 3.8) is 0 Å². The fraction of sp³-hybridized carbons (Fsp3) is 0.600. The first-order chi connectivity index (χ1) is 9.26. The number of aromatic nitrogens is 3. The summed E-state index contributed by atoms with van der Waals surface area (Å²) in [6.07, 6.45) is 9.51. The van der Waals surface area contributed by atoms with E-state index in [1.54, 1.807) is 6.20 Å². The summed E-state index contributed by atoms with van der Waals surface area (Å²) in [4.78, 5) is 8.86. The van der Waals surface area contributed by atoms with Gasteiger partial charge in [-0.05, 0) is 31.4 Å². The summed E-state index contributed by atoms with van der Waals surface area (Å²) in [6.45, 7) is 3.03. The number of nitrogens with zero attached hydrogens (tertiary/aromatic N) is 3. The third-order valence-corrected chi connectivity index (χ3v) is 3.82. The molecule has 4 nitrogen and oxygen atoms in total. The lowest BCUT2D eigenvalue weighted by Crippen LogP contribution is -2.11. The molecule has 2 aromatic heterocycles. The summed E-state index contributed by atoms with van der Waals surface area (Å²) in [5.41, 5.74) is 7.85. The van der Waals surface area contributed by atoms with Gasteiger partial charge in [-0.1, -0.05) is 19.8 Å². The van der Waals surface area contributed by atoms with Crippen LogP contribution in [0.3, 0.4) is 0 Å². The van der Waals surface area contributed by atoms with E-state index in [2.05, 4.69) is 23.5 Å². The monoisotopic (exact) mass is 260 g/mol. The summed E-state index contributed by atoms with van der Waals surface area (Å²) in [7, 11) is 2.07. The molecule has 2 rings (SSSR count). The molecule has 2 aromatic rings. The minimum Gasteiger partial charge on any atom is -0.330 e. The molecule has 19 heavy (non-hydrogen) atoms. The van der Waals surface area contributed by atoms with Crippen LogP contribution < -0.4 is 5.73 Å². The van der Waals surface area contributed by atoms with Crippen LogP contribution >= 0.6 is 0 Å². The Hall–Kier alpha value is -1.42. The highest BCUT2D eigenvalue weighted by Gasteiger charge is 2.11. The SMILES string of the molecule is CCCC(CCN)CCc1nc2ccncc2n1C. The summed E-state index contributed by atoms with van der Waals surface area (Å²) >= 11 is 0. The van der Waals surface area contributed by atoms with Gasteiger partial charge < -0.3 is 10.3 Å². The predicted molar refractivity (Wildman–Crippen MR) is 78.9 cm³/mol. The maximum atomic E-state index is 5.69. The van der Waals surface area contributed by atoms with Crippen molar-refractivity contribution < 1.29 is 0 Å². The second kappa shape index (κ2) is 6.66. The molecule has 0 fully saturated rings. The minimum absolute atomic E-state index is 0.730. The van der Waals surface area contributed by atoms with Gasteiger partial charge in [0.1, 0.15) is 5.82 Å². The van der Waals surface area contributed by atoms with E-state index in [4.69, 9.17) is 10.7 Å². The molecule has 104 valence electrons. The van der Waals surface area contributed by atoms with E-state index < -0.39 is 0 Å². The molecule has 0 amide bonds. The molecule has 1 atom stereocenters. The standard InChI is InChI=1S/C15H24N4/c1-3-4-12(7-9-16)5-6-15-18-13-8-10-17-11-14(13)19(15)2/h8,10-12H,3-7,9,16H2,1-2H3. The number of hydrogen-bond donors (Lipinski definition) is 1. The van der Waals surface area contributed by atoms with E-state index in [0.29, 0.717) is 0 Å². The van der Waals surface area contributed by atoms with Crippen molar-refractivity contribution in [3.8, 4) is 0 Å². The molecule has 4 heteroatoms. The summed E-state index contributed by atoms with van der Waals surface area (Å²) in [6, 6.07) is 1.97. The molecule has 0 bridgehead atoms. The molecule has 0 aliphatic carbocycles. The Morgan fingerprint density at radius 3 is 2.84 bits per heavy atom. The highest BCUT2D eigenvalue weighted by molar-refractivity contribution is 5.74. The second-order valence-corrected chi connectivity index (χ2v) is 5.22. The normalized spacial score (nSPS) is 13.0. The van der Waals surface area contributed by atoms with Crippen molar-refractivity contribution in [2.24, 2.45) is 18.7 Å². The summed E-state index contributed by atoms with van der Waals surface area (Å²) < 4.78 is 2.16. The maximum absolute atomic E-state index is 5.69. The van der Waals surface area contributed by atoms with Crippen LogP contribution in [0.5, 0.6) is 0 Å². The Bertz CT molecular complexity index is 512. The third kappa shape index (κ3) is 3.32. The molecule has 2 heterocycles. The van der Waals surface area contributed by atoms with Crippen LogP contribution in [0.4, 0.5) is 0 Å². The van der Waals surface area contributed by atoms with Crippen molar-refractivity contribution in [2.45, 2.75) is 39.0 Å². The van der Waals surface area contributed by atoms with Crippen molar-refractivity contribution >= 4 is 11.0 Å². The van der Waals surface area contributed by atoms with Gasteiger partial charge in [-0.3, -0.25) is 4.98 Å². The van der Waals surface area contributed by atoms with Gasteiger partial charge in [0.15, 0.2) is 0 Å². The molecule has 1 unspecified atom stereocenters. The average molecular weight is 260 g/mol. The van der Waals surface area contributed by atoms with Gasteiger partial charge in [-0.2, -0.15) is 0 Å². The van der Waals surface area contributed by atoms with Crippen LogP contribution in [0.2, 0.25) is 0 Å². The lowest BCUT2D eigenvalue weighted by molar-refractivity contribution is 0.416. The topological polar surface area (TPSA) is 56.7 Å². The fourth-order valence-electron chi connectivity index (χ4n) is 2.72. The maximum Gasteiger partial charge on any atom is 0.109 e. The van der Waals surface area contributed by atoms with E-state index in [-0.39, 0.29) is 0 Å². The van der Waals surface area contributed by atoms with Crippen LogP contribution in [0.15, 0.2) is 18.5 Å². The van der Waals surface area contributed by atoms with E-state index in [1.807, 2.05) is 12.3 Å². The Kier molecular flexibility index (Phi) is 4.91. The number of imidazole rings is 1. The fourth-order valence-corrected chi connectivity index (χ4v) is 2.72. The number of pyridine rings is 1. The molecule has 0 aliphatic rings. The lowest BCUT2D eigenvalue weighted by Gasteiger charge is -2.14. The molecular formula is C15H24N4. The minimum atomic E-state index is 0.730. The van der Waals surface area contributed by atoms with Gasteiger partial charge in [0.05, 0.1) is 17.2 Å². The number of rotatable bonds is 7. The van der Waals surface area contributed by atoms with Gasteiger partial charge in [0.2, 0.25) is 0 Å². The predicted octanol–water partition coefficient (Wildman–Crippen LogP) is 2.67. The first kappa shape index (κ1) is 14.0. The van der Waals surface area contributed by atoms with Gasteiger partial charge in [0.25, 0.3) is 0 Å². The zero-order chi connectivity index (χ0) is 13.7. The third-order valence-electron chi connectivity index (χ3n) is 3.82. The molecule has 0 aliphatic heterocycles. The number of fused-ring (bicyclic) bond motifs is 1. The zero-order valence-corrected chi connectivity index (χ0v) is 12.0. The Balaban J connectivity index is 2.06. The quantitative estimate of drug-likeness (QED) is 0.832. The first-order valence-electron chi connectivity index (χ1n) is 7.21. The molecule has 0 spiro atoms. The van der Waals surface area contributed by atoms with E-state index >= 15 is 0 Å². The Labute approximate surface area is 115 Å². The van der Waals surface area contributed by atoms with Crippen LogP contribution in [0.25, 0.3) is 11.0 Å². The molecule has 0 saturated heterocycles. The summed E-state index contributed by atoms with van der Waals surface area (Å²) in [5, 5.41) is 0. The van der Waals surface area contributed by atoms with Gasteiger partial charge in [-0.15, -0.1) is 0 Å². The molecular weight excluding hydrogens is 236 g/mol. The van der Waals surface area contributed by atoms with Crippen molar-refractivity contribution in [1.29, 1.82) is 0 Å². The van der Waals surface area contributed by atoms with Gasteiger partial charge >= 0.3 is 0 Å². The van der Waals surface area contributed by atoms with Crippen LogP contribution in [0, 0.1) is 5.92 Å². The molecule has 0 radical (unpaired) electrons. The second-order valence-electron chi connectivity index (χ2n) is 5.22. The largest absolute Gasteiger partial charge is 0.330 e. The highest BCUT2D eigenvalue weighted by Crippen LogP contribution is 2.20. The molecule has 2 N–H and O–H groups in total. The highest BCUT2D eigenvalue weighted by atomic mass is 15.1. The Morgan fingerprint density at radius 1 is 1.32 bits per heavy atom. The molecule has 0 saturated carbocycles. The van der Waals surface area contributed by atoms with Gasteiger partial charge in [0, 0.05) is 19.7 Å². The number of aryl methyl sites for hydroxylation is 2. The Morgan fingerprint density at radius 2 is 2.16 bits per heavy atom. The average Bonchev–Trinajstić information content (AvgIpc) is 2.74. The van der Waals surface area contributed by atoms with Crippen molar-refractivity contribution in [3.05, 3.63) is 24.3 Å². The number of hydrogen-bond acceptors (Lipinski definition) is 3. The zero-order valence-electron chi connectivity index (χ0n) is 12.0. The molecule has 0 aromatic carbocycles. The smallest absolute Gasteiger partial charge is 0.109 e. The first-order valence-corrected chi connectivity index (χ1v) is 7.21. The van der Waals surface area contributed by atoms with E-state index in [1.165, 1.54) is 19.3 Å². The van der Waals surface area contributed by atoms with Gasteiger partial charge in [-0.25, -0.2) is 4.98 Å². The van der Waals surface area contributed by atoms with Crippen molar-refractivity contribution in [2.75, 3.05) is 6.54 Å². The lowest BCUT2D eigenvalue weighted by atomic mass is 9.94. The number of nitrogens with two attached hydrogens (primary N) is 1. The van der Waals surface area contributed by atoms with E-state index in [0.717, 1.165) is 42.2 Å². The van der Waals surface area contributed by atoms with Crippen LogP contribution in [-0.2, 0) is 13.5 Å². The van der Waals surface area contributed by atoms with Crippen LogP contribution in [-0.4, -0.2) is 21.1 Å². The van der Waals surface area contributed by atoms with Crippen LogP contribution in [0.1, 0.15) is 38.4 Å². The van der Waals surface area contributed by atoms with E-state index in [9.17, 15) is 0 Å². The van der Waals surface area contributed by atoms with Crippen molar-refractivity contribution in [1.82, 2.24) is 14.5 Å². The summed E-state index contributed by atoms with van der Waals surface area (Å²) in [5.74, 6) is 1.88.